The van der Waals surface area contributed by atoms with Crippen LogP contribution in [0.25, 0.3) is 0 Å². The first kappa shape index (κ1) is 28.3. The van der Waals surface area contributed by atoms with Gasteiger partial charge < -0.3 is 4.74 Å². The van der Waals surface area contributed by atoms with Crippen molar-refractivity contribution in [2.24, 2.45) is 17.8 Å². The Kier molecular flexibility index (Phi) is 12.2. The fraction of sp³-hybridized carbons (Fsp3) is 0.583. The molecule has 0 aliphatic rings. The van der Waals surface area contributed by atoms with Gasteiger partial charge in [-0.25, -0.2) is 13.2 Å². The van der Waals surface area contributed by atoms with Crippen LogP contribution in [-0.4, -0.2) is 12.2 Å². The molecule has 6 heteroatoms. The zero-order valence-corrected chi connectivity index (χ0v) is 18.7. The number of ether oxygens (including phenoxy) is 1. The number of halogens is 5. The molecule has 1 nitrogen and oxygen atoms in total. The minimum Gasteiger partial charge on any atom is -0.317 e. The molecule has 0 aromatic heterocycles. The molecule has 4 atom stereocenters. The lowest BCUT2D eigenvalue weighted by Gasteiger charge is -2.28. The molecular weight excluding hydrogens is 399 g/mol. The van der Waals surface area contributed by atoms with Gasteiger partial charge in [0.25, 0.3) is 0 Å². The van der Waals surface area contributed by atoms with Gasteiger partial charge in [-0.1, -0.05) is 46.6 Å². The molecule has 0 bridgehead atoms. The van der Waals surface area contributed by atoms with E-state index in [-0.39, 0.29) is 18.3 Å². The third-order valence-electron chi connectivity index (χ3n) is 5.33. The minimum atomic E-state index is -3.34. The van der Waals surface area contributed by atoms with Gasteiger partial charge in [-0.15, -0.1) is 0 Å². The van der Waals surface area contributed by atoms with E-state index < -0.39 is 35.6 Å². The summed E-state index contributed by atoms with van der Waals surface area (Å²) in [6.45, 7) is 18.2. The summed E-state index contributed by atoms with van der Waals surface area (Å²) in [5.74, 6) is -4.24. The maximum atomic E-state index is 14.4. The lowest BCUT2D eigenvalue weighted by molar-refractivity contribution is -0.289. The topological polar surface area (TPSA) is 9.23 Å². The first-order chi connectivity index (χ1) is 13.7. The van der Waals surface area contributed by atoms with Crippen LogP contribution in [0.15, 0.2) is 60.5 Å². The van der Waals surface area contributed by atoms with E-state index in [1.54, 1.807) is 27.7 Å². The van der Waals surface area contributed by atoms with Gasteiger partial charge in [0.2, 0.25) is 0 Å². The van der Waals surface area contributed by atoms with Crippen LogP contribution >= 0.6 is 0 Å². The highest BCUT2D eigenvalue weighted by Crippen LogP contribution is 2.34. The predicted octanol–water partition coefficient (Wildman–Crippen LogP) is 8.78. The maximum Gasteiger partial charge on any atom is 0.358 e. The van der Waals surface area contributed by atoms with Crippen molar-refractivity contribution < 1.29 is 26.7 Å². The quantitative estimate of drug-likeness (QED) is 0.196. The van der Waals surface area contributed by atoms with Crippen molar-refractivity contribution >= 4 is 0 Å². The molecule has 0 radical (unpaired) electrons. The summed E-state index contributed by atoms with van der Waals surface area (Å²) in [4.78, 5) is 0. The van der Waals surface area contributed by atoms with Crippen LogP contribution in [0.4, 0.5) is 22.0 Å². The van der Waals surface area contributed by atoms with Crippen LogP contribution in [0.2, 0.25) is 0 Å². The van der Waals surface area contributed by atoms with Crippen molar-refractivity contribution in [2.75, 3.05) is 0 Å². The zero-order chi connectivity index (χ0) is 23.6. The van der Waals surface area contributed by atoms with Gasteiger partial charge in [-0.05, 0) is 68.6 Å². The van der Waals surface area contributed by atoms with Gasteiger partial charge in [0.15, 0.2) is 11.7 Å². The lowest BCUT2D eigenvalue weighted by Crippen LogP contribution is -2.33. The molecule has 0 saturated carbocycles. The molecule has 0 aliphatic carbocycles. The molecule has 30 heavy (non-hydrogen) atoms. The highest BCUT2D eigenvalue weighted by atomic mass is 19.3. The Labute approximate surface area is 178 Å². The number of alkyl halides is 2. The van der Waals surface area contributed by atoms with Crippen LogP contribution in [-0.2, 0) is 4.74 Å². The minimum absolute atomic E-state index is 0.154. The van der Waals surface area contributed by atoms with Crippen molar-refractivity contribution in [3.63, 3.8) is 0 Å². The summed E-state index contributed by atoms with van der Waals surface area (Å²) in [5.41, 5.74) is 0.652. The Morgan fingerprint density at radius 2 is 1.40 bits per heavy atom. The molecule has 0 heterocycles. The molecule has 172 valence electrons. The Hall–Kier alpha value is -1.69. The summed E-state index contributed by atoms with van der Waals surface area (Å²) in [7, 11) is 0. The van der Waals surface area contributed by atoms with E-state index in [1.165, 1.54) is 13.0 Å². The van der Waals surface area contributed by atoms with Crippen LogP contribution < -0.4 is 0 Å². The van der Waals surface area contributed by atoms with E-state index >= 15 is 0 Å². The van der Waals surface area contributed by atoms with E-state index in [0.717, 1.165) is 6.08 Å². The van der Waals surface area contributed by atoms with E-state index in [9.17, 15) is 22.0 Å². The van der Waals surface area contributed by atoms with E-state index in [2.05, 4.69) is 19.7 Å². The first-order valence-electron chi connectivity index (χ1n) is 10.2. The van der Waals surface area contributed by atoms with Crippen LogP contribution in [0, 0.1) is 17.8 Å². The number of rotatable bonds is 14. The van der Waals surface area contributed by atoms with Gasteiger partial charge in [0.05, 0.1) is 6.10 Å². The predicted molar refractivity (Wildman–Crippen MR) is 114 cm³/mol. The number of hydrogen-bond acceptors (Lipinski definition) is 1. The third kappa shape index (κ3) is 9.88. The summed E-state index contributed by atoms with van der Waals surface area (Å²) in [6, 6.07) is 0. The average molecular weight is 435 g/mol. The van der Waals surface area contributed by atoms with Crippen molar-refractivity contribution in [3.05, 3.63) is 60.5 Å². The summed E-state index contributed by atoms with van der Waals surface area (Å²) in [5, 5.41) is 0. The standard InChI is InChI=1S/C24H35F5O/c1-9-22(26)20(7)16(3)10-12-18(5)24(28,29)30-19(6)13-11-15(2)17(4)14-23(27)21(8)25/h9,14-16,18-19H,4,7-8,10-13H2,1-3,5-6H3/b22-9+,23-14+. The fourth-order valence-electron chi connectivity index (χ4n) is 2.76. The maximum absolute atomic E-state index is 14.4. The van der Waals surface area contributed by atoms with Gasteiger partial charge in [-0.3, -0.25) is 0 Å². The van der Waals surface area contributed by atoms with E-state index in [0.29, 0.717) is 30.4 Å². The molecule has 0 N–H and O–H groups in total. The van der Waals surface area contributed by atoms with Gasteiger partial charge >= 0.3 is 6.11 Å². The molecule has 4 unspecified atom stereocenters. The SMILES string of the molecule is C=C(F)/C(F)=C\C(=C)C(C)CCC(C)OC(F)(F)C(C)CCC(C)C(=C)/C(F)=C\C. The smallest absolute Gasteiger partial charge is 0.317 e. The second kappa shape index (κ2) is 12.9. The second-order valence-electron chi connectivity index (χ2n) is 7.98. The number of hydrogen-bond donors (Lipinski definition) is 0. The zero-order valence-electron chi connectivity index (χ0n) is 18.7. The Morgan fingerprint density at radius 1 is 0.867 bits per heavy atom. The summed E-state index contributed by atoms with van der Waals surface area (Å²) < 4.78 is 73.4. The Morgan fingerprint density at radius 3 is 1.90 bits per heavy atom. The lowest BCUT2D eigenvalue weighted by atomic mass is 9.91. The van der Waals surface area contributed by atoms with E-state index in [1.807, 2.05) is 0 Å². The van der Waals surface area contributed by atoms with Crippen LogP contribution in [0.3, 0.4) is 0 Å². The van der Waals surface area contributed by atoms with Crippen molar-refractivity contribution in [1.29, 1.82) is 0 Å². The van der Waals surface area contributed by atoms with E-state index in [4.69, 9.17) is 4.74 Å². The van der Waals surface area contributed by atoms with Crippen LogP contribution in [0.5, 0.6) is 0 Å². The van der Waals surface area contributed by atoms with Crippen molar-refractivity contribution in [3.8, 4) is 0 Å². The highest BCUT2D eigenvalue weighted by Gasteiger charge is 2.39. The molecular formula is C24H35F5O. The average Bonchev–Trinajstić information content (AvgIpc) is 2.67. The number of allylic oxidation sites excluding steroid dienone is 7. The molecule has 0 amide bonds. The van der Waals surface area contributed by atoms with Crippen molar-refractivity contribution in [2.45, 2.75) is 72.5 Å². The normalized spacial score (nSPS) is 17.3. The molecule has 0 fully saturated rings. The molecule has 0 aromatic rings. The molecule has 0 rings (SSSR count). The monoisotopic (exact) mass is 434 g/mol. The van der Waals surface area contributed by atoms with Crippen molar-refractivity contribution in [1.82, 2.24) is 0 Å². The summed E-state index contributed by atoms with van der Waals surface area (Å²) in [6.07, 6.45) is -0.574. The largest absolute Gasteiger partial charge is 0.358 e. The highest BCUT2D eigenvalue weighted by molar-refractivity contribution is 5.27. The van der Waals surface area contributed by atoms with Gasteiger partial charge in [-0.2, -0.15) is 8.78 Å². The molecule has 0 spiro atoms. The Balaban J connectivity index is 4.62. The fourth-order valence-corrected chi connectivity index (χ4v) is 2.76. The molecule has 0 saturated heterocycles. The summed E-state index contributed by atoms with van der Waals surface area (Å²) >= 11 is 0. The second-order valence-corrected chi connectivity index (χ2v) is 7.98. The van der Waals surface area contributed by atoms with Gasteiger partial charge in [0.1, 0.15) is 5.83 Å². The first-order valence-corrected chi connectivity index (χ1v) is 10.2. The molecule has 0 aromatic carbocycles. The third-order valence-corrected chi connectivity index (χ3v) is 5.33. The Bertz CT molecular complexity index is 663. The molecule has 0 aliphatic heterocycles. The van der Waals surface area contributed by atoms with Crippen LogP contribution in [0.1, 0.15) is 60.3 Å². The van der Waals surface area contributed by atoms with Gasteiger partial charge in [0, 0.05) is 5.92 Å².